The molecule has 4 rings (SSSR count). The Labute approximate surface area is 144 Å². The number of carbonyl (C=O) groups excluding carboxylic acids is 1. The van der Waals surface area contributed by atoms with Crippen LogP contribution in [0.3, 0.4) is 0 Å². The molecule has 4 atom stereocenters. The van der Waals surface area contributed by atoms with Gasteiger partial charge in [-0.15, -0.1) is 0 Å². The van der Waals surface area contributed by atoms with Crippen LogP contribution in [0, 0.1) is 11.8 Å². The number of carboxylic acids is 1. The minimum absolute atomic E-state index is 0.326. The predicted molar refractivity (Wildman–Crippen MR) is 92.9 cm³/mol. The number of para-hydroxylation sites is 1. The number of amides is 1. The molecular weight excluding hydrogens is 318 g/mol. The molecule has 2 bridgehead atoms. The summed E-state index contributed by atoms with van der Waals surface area (Å²) >= 11 is 0. The number of carbonyl (C=O) groups is 2. The van der Waals surface area contributed by atoms with E-state index in [-0.39, 0.29) is 5.91 Å². The normalized spacial score (nSPS) is 26.6. The summed E-state index contributed by atoms with van der Waals surface area (Å²) in [6, 6.07) is 17.2. The van der Waals surface area contributed by atoms with Crippen LogP contribution in [0.15, 0.2) is 66.7 Å². The predicted octanol–water partition coefficient (Wildman–Crippen LogP) is 2.95. The first kappa shape index (κ1) is 15.6. The average Bonchev–Trinajstić information content (AvgIpc) is 3.24. The first-order chi connectivity index (χ1) is 12.1. The Hall–Kier alpha value is -2.92. The largest absolute Gasteiger partial charge is 0.481 e. The number of benzene rings is 2. The number of hydrogen-bond acceptors (Lipinski definition) is 3. The third kappa shape index (κ3) is 2.72. The van der Waals surface area contributed by atoms with Gasteiger partial charge in [-0.2, -0.15) is 0 Å². The van der Waals surface area contributed by atoms with Crippen molar-refractivity contribution >= 4 is 17.6 Å². The van der Waals surface area contributed by atoms with E-state index in [0.717, 1.165) is 11.1 Å². The van der Waals surface area contributed by atoms with Gasteiger partial charge in [0.25, 0.3) is 0 Å². The molecule has 2 aromatic carbocycles. The second-order valence-electron chi connectivity index (χ2n) is 6.24. The van der Waals surface area contributed by atoms with Crippen molar-refractivity contribution in [2.75, 3.05) is 5.32 Å². The van der Waals surface area contributed by atoms with Gasteiger partial charge in [0, 0.05) is 11.3 Å². The van der Waals surface area contributed by atoms with Crippen LogP contribution in [-0.2, 0) is 14.3 Å². The monoisotopic (exact) mass is 335 g/mol. The molecule has 0 unspecified atom stereocenters. The number of aliphatic carboxylic acids is 1. The topological polar surface area (TPSA) is 75.6 Å². The van der Waals surface area contributed by atoms with Crippen molar-refractivity contribution in [1.29, 1.82) is 0 Å². The molecular formula is C20H17NO4. The molecule has 5 nitrogen and oxygen atoms in total. The van der Waals surface area contributed by atoms with Crippen molar-refractivity contribution in [2.24, 2.45) is 11.8 Å². The molecule has 2 aliphatic heterocycles. The molecule has 2 aliphatic rings. The molecule has 2 N–H and O–H groups in total. The van der Waals surface area contributed by atoms with Crippen molar-refractivity contribution in [3.8, 4) is 11.1 Å². The van der Waals surface area contributed by atoms with Crippen LogP contribution in [0.1, 0.15) is 0 Å². The Bertz CT molecular complexity index is 846. The fourth-order valence-electron chi connectivity index (χ4n) is 3.59. The van der Waals surface area contributed by atoms with Crippen molar-refractivity contribution in [3.63, 3.8) is 0 Å². The highest BCUT2D eigenvalue weighted by Gasteiger charge is 2.53. The molecule has 25 heavy (non-hydrogen) atoms. The van der Waals surface area contributed by atoms with E-state index in [9.17, 15) is 14.7 Å². The molecule has 0 aliphatic carbocycles. The molecule has 0 aromatic heterocycles. The van der Waals surface area contributed by atoms with Crippen LogP contribution in [0.25, 0.3) is 11.1 Å². The zero-order chi connectivity index (χ0) is 17.4. The number of fused-ring (bicyclic) bond motifs is 2. The lowest BCUT2D eigenvalue weighted by Gasteiger charge is -2.21. The first-order valence-corrected chi connectivity index (χ1v) is 8.17. The maximum absolute atomic E-state index is 12.8. The zero-order valence-corrected chi connectivity index (χ0v) is 13.3. The van der Waals surface area contributed by atoms with Gasteiger partial charge in [0.1, 0.15) is 5.92 Å². The summed E-state index contributed by atoms with van der Waals surface area (Å²) in [5, 5.41) is 12.4. The Morgan fingerprint density at radius 1 is 0.880 bits per heavy atom. The quantitative estimate of drug-likeness (QED) is 0.843. The molecule has 5 heteroatoms. The third-order valence-electron chi connectivity index (χ3n) is 4.76. The van der Waals surface area contributed by atoms with Crippen molar-refractivity contribution in [3.05, 3.63) is 66.7 Å². The first-order valence-electron chi connectivity index (χ1n) is 8.17. The van der Waals surface area contributed by atoms with E-state index in [1.54, 1.807) is 12.2 Å². The highest BCUT2D eigenvalue weighted by atomic mass is 16.5. The van der Waals surface area contributed by atoms with Gasteiger partial charge < -0.3 is 15.2 Å². The van der Waals surface area contributed by atoms with E-state index in [1.807, 2.05) is 54.6 Å². The van der Waals surface area contributed by atoms with Crippen LogP contribution < -0.4 is 5.32 Å². The summed E-state index contributed by atoms with van der Waals surface area (Å²) in [4.78, 5) is 24.4. The van der Waals surface area contributed by atoms with Gasteiger partial charge in [-0.05, 0) is 11.6 Å². The van der Waals surface area contributed by atoms with E-state index in [0.29, 0.717) is 5.69 Å². The average molecular weight is 335 g/mol. The Balaban J connectivity index is 1.62. The molecule has 0 saturated carbocycles. The molecule has 2 aromatic rings. The summed E-state index contributed by atoms with van der Waals surface area (Å²) in [6.45, 7) is 0. The van der Waals surface area contributed by atoms with Gasteiger partial charge in [-0.25, -0.2) is 0 Å². The number of carboxylic acid groups (broad SMARTS) is 1. The zero-order valence-electron chi connectivity index (χ0n) is 13.3. The number of nitrogens with one attached hydrogen (secondary N) is 1. The van der Waals surface area contributed by atoms with E-state index >= 15 is 0 Å². The second-order valence-corrected chi connectivity index (χ2v) is 6.24. The van der Waals surface area contributed by atoms with Crippen molar-refractivity contribution in [2.45, 2.75) is 12.2 Å². The van der Waals surface area contributed by atoms with Crippen LogP contribution in [-0.4, -0.2) is 29.2 Å². The van der Waals surface area contributed by atoms with Gasteiger partial charge in [0.2, 0.25) is 5.91 Å². The van der Waals surface area contributed by atoms with E-state index in [2.05, 4.69) is 5.32 Å². The number of anilines is 1. The van der Waals surface area contributed by atoms with Gasteiger partial charge in [0.15, 0.2) is 0 Å². The molecule has 1 saturated heterocycles. The summed E-state index contributed by atoms with van der Waals surface area (Å²) in [5.74, 6) is -2.91. The Kier molecular flexibility index (Phi) is 3.86. The Morgan fingerprint density at radius 2 is 1.52 bits per heavy atom. The van der Waals surface area contributed by atoms with Gasteiger partial charge in [-0.3, -0.25) is 9.59 Å². The van der Waals surface area contributed by atoms with Crippen LogP contribution >= 0.6 is 0 Å². The number of rotatable bonds is 4. The van der Waals surface area contributed by atoms with Gasteiger partial charge in [0.05, 0.1) is 18.1 Å². The summed E-state index contributed by atoms with van der Waals surface area (Å²) in [6.07, 6.45) is 2.50. The molecule has 2 heterocycles. The minimum atomic E-state index is -1.01. The minimum Gasteiger partial charge on any atom is -0.481 e. The smallest absolute Gasteiger partial charge is 0.310 e. The number of ether oxygens (including phenoxy) is 1. The van der Waals surface area contributed by atoms with E-state index in [1.165, 1.54) is 0 Å². The molecule has 1 fully saturated rings. The third-order valence-corrected chi connectivity index (χ3v) is 4.76. The lowest BCUT2D eigenvalue weighted by atomic mass is 9.82. The van der Waals surface area contributed by atoms with Crippen LogP contribution in [0.4, 0.5) is 5.69 Å². The van der Waals surface area contributed by atoms with Gasteiger partial charge in [-0.1, -0.05) is 60.7 Å². The molecule has 1 amide bonds. The fraction of sp³-hybridized carbons (Fsp3) is 0.200. The molecule has 0 radical (unpaired) electrons. The summed E-state index contributed by atoms with van der Waals surface area (Å²) in [7, 11) is 0. The summed E-state index contributed by atoms with van der Waals surface area (Å²) in [5.41, 5.74) is 2.54. The SMILES string of the molecule is O=C(O)[C@H]1[C@H](C(=O)Nc2ccccc2-c2ccccc2)[C@H]2C=C[C@H]1O2. The molecule has 0 spiro atoms. The van der Waals surface area contributed by atoms with Crippen molar-refractivity contribution in [1.82, 2.24) is 0 Å². The standard InChI is InChI=1S/C20H17NO4/c22-19(17-15-10-11-16(25-15)18(17)20(23)24)21-14-9-5-4-8-13(14)12-6-2-1-3-7-12/h1-11,15-18H,(H,21,22)(H,23,24)/t15-,16-,17-,18-/m1/s1. The lowest BCUT2D eigenvalue weighted by molar-refractivity contribution is -0.145. The lowest BCUT2D eigenvalue weighted by Crippen LogP contribution is -2.39. The maximum atomic E-state index is 12.8. The molecule has 126 valence electrons. The second kappa shape index (κ2) is 6.18. The highest BCUT2D eigenvalue weighted by molar-refractivity contribution is 5.99. The van der Waals surface area contributed by atoms with Gasteiger partial charge >= 0.3 is 5.97 Å². The van der Waals surface area contributed by atoms with Crippen LogP contribution in [0.5, 0.6) is 0 Å². The van der Waals surface area contributed by atoms with E-state index in [4.69, 9.17) is 4.74 Å². The van der Waals surface area contributed by atoms with Crippen LogP contribution in [0.2, 0.25) is 0 Å². The van der Waals surface area contributed by atoms with Crippen molar-refractivity contribution < 1.29 is 19.4 Å². The highest BCUT2D eigenvalue weighted by Crippen LogP contribution is 2.40. The maximum Gasteiger partial charge on any atom is 0.310 e. The fourth-order valence-corrected chi connectivity index (χ4v) is 3.59. The number of hydrogen-bond donors (Lipinski definition) is 2. The van der Waals surface area contributed by atoms with E-state index < -0.39 is 30.0 Å². The summed E-state index contributed by atoms with van der Waals surface area (Å²) < 4.78 is 5.58. The Morgan fingerprint density at radius 3 is 2.24 bits per heavy atom.